The van der Waals surface area contributed by atoms with Crippen molar-refractivity contribution in [3.8, 4) is 45.6 Å². The van der Waals surface area contributed by atoms with Crippen LogP contribution >= 0.6 is 37.2 Å². The summed E-state index contributed by atoms with van der Waals surface area (Å²) >= 11 is 0. The number of para-hydroxylation sites is 2. The van der Waals surface area contributed by atoms with Gasteiger partial charge in [-0.1, -0.05) is 12.1 Å². The van der Waals surface area contributed by atoms with Gasteiger partial charge in [0.1, 0.15) is 18.1 Å². The Kier molecular flexibility index (Phi) is 12.8. The molecule has 15 heteroatoms. The van der Waals surface area contributed by atoms with E-state index < -0.39 is 11.5 Å². The lowest BCUT2D eigenvalue weighted by Crippen LogP contribution is -2.27. The van der Waals surface area contributed by atoms with Crippen LogP contribution in [0.4, 0.5) is 5.69 Å². The van der Waals surface area contributed by atoms with Crippen LogP contribution in [-0.4, -0.2) is 56.1 Å². The minimum Gasteiger partial charge on any atom is -0.493 e. The molecule has 0 radical (unpaired) electrons. The van der Waals surface area contributed by atoms with Crippen LogP contribution in [0.3, 0.4) is 0 Å². The summed E-state index contributed by atoms with van der Waals surface area (Å²) in [6, 6.07) is 20.9. The fourth-order valence-electron chi connectivity index (χ4n) is 5.57. The molecule has 50 heavy (non-hydrogen) atoms. The molecule has 0 saturated heterocycles. The van der Waals surface area contributed by atoms with Crippen LogP contribution in [0.15, 0.2) is 77.6 Å². The number of imidazole rings is 1. The third kappa shape index (κ3) is 7.04. The molecule has 4 aromatic carbocycles. The number of nitrogens with one attached hydrogen (secondary N) is 1. The first kappa shape index (κ1) is 39.1. The second-order valence-corrected chi connectivity index (χ2v) is 10.4. The summed E-state index contributed by atoms with van der Waals surface area (Å²) in [5.74, 6) is 1.49. The second-order valence-electron chi connectivity index (χ2n) is 10.4. The number of nitrogens with zero attached hydrogens (tertiary/aromatic N) is 2. The lowest BCUT2D eigenvalue weighted by molar-refractivity contribution is 0.0591. The molecule has 6 aromatic rings. The highest BCUT2D eigenvalue weighted by Crippen LogP contribution is 2.45. The normalized spacial score (nSPS) is 10.3. The lowest BCUT2D eigenvalue weighted by atomic mass is 9.95. The van der Waals surface area contributed by atoms with Crippen LogP contribution < -0.4 is 35.0 Å². The maximum atomic E-state index is 14.5. The first-order valence-corrected chi connectivity index (χ1v) is 14.4. The summed E-state index contributed by atoms with van der Waals surface area (Å²) < 4.78 is 35.3. The number of carbonyl (C=O) groups is 1. The van der Waals surface area contributed by atoms with Gasteiger partial charge in [-0.05, 0) is 66.2 Å². The Morgan fingerprint density at radius 3 is 1.98 bits per heavy atom. The number of aromatic nitrogens is 3. The van der Waals surface area contributed by atoms with Crippen LogP contribution in [0.25, 0.3) is 38.6 Å². The van der Waals surface area contributed by atoms with Gasteiger partial charge in [0.2, 0.25) is 5.75 Å². The summed E-state index contributed by atoms with van der Waals surface area (Å²) in [7, 11) is 7.22. The van der Waals surface area contributed by atoms with E-state index in [9.17, 15) is 9.59 Å². The molecule has 2 aromatic heterocycles. The molecule has 0 bridgehead atoms. The number of ether oxygens (including phenoxy) is 6. The zero-order valence-corrected chi connectivity index (χ0v) is 30.0. The van der Waals surface area contributed by atoms with Gasteiger partial charge in [-0.2, -0.15) is 0 Å². The molecule has 0 spiro atoms. The molecule has 6 rings (SSSR count). The predicted octanol–water partition coefficient (Wildman–Crippen LogP) is 6.78. The maximum absolute atomic E-state index is 14.5. The van der Waals surface area contributed by atoms with Crippen molar-refractivity contribution in [2.24, 2.45) is 0 Å². The molecule has 0 amide bonds. The highest BCUT2D eigenvalue weighted by atomic mass is 35.5. The van der Waals surface area contributed by atoms with E-state index in [0.29, 0.717) is 62.5 Å². The third-order valence-corrected chi connectivity index (χ3v) is 7.75. The van der Waals surface area contributed by atoms with Crippen LogP contribution in [0.1, 0.15) is 16.3 Å². The number of hydrogen-bond donors (Lipinski definition) is 2. The smallest absolute Gasteiger partial charge is 0.355 e. The highest BCUT2D eigenvalue weighted by molar-refractivity contribution is 6.08. The van der Waals surface area contributed by atoms with Gasteiger partial charge in [0.15, 0.2) is 23.0 Å². The average Bonchev–Trinajstić information content (AvgIpc) is 3.53. The van der Waals surface area contributed by atoms with Crippen molar-refractivity contribution in [3.63, 3.8) is 0 Å². The van der Waals surface area contributed by atoms with E-state index in [0.717, 1.165) is 11.0 Å². The van der Waals surface area contributed by atoms with Crippen LogP contribution in [0, 0.1) is 0 Å². The quantitative estimate of drug-likeness (QED) is 0.114. The molecule has 264 valence electrons. The van der Waals surface area contributed by atoms with Gasteiger partial charge < -0.3 is 39.1 Å². The number of H-pyrrole nitrogens is 1. The number of methoxy groups -OCH3 is 5. The van der Waals surface area contributed by atoms with E-state index >= 15 is 0 Å². The molecule has 0 atom stereocenters. The number of rotatable bonds is 10. The summed E-state index contributed by atoms with van der Waals surface area (Å²) in [4.78, 5) is 36.0. The zero-order chi connectivity index (χ0) is 33.2. The molecule has 3 N–H and O–H groups in total. The maximum Gasteiger partial charge on any atom is 0.355 e. The van der Waals surface area contributed by atoms with Gasteiger partial charge in [0.25, 0.3) is 5.56 Å². The van der Waals surface area contributed by atoms with Gasteiger partial charge in [-0.25, -0.2) is 9.78 Å². The topological polar surface area (TPSA) is 149 Å². The number of hydrogen-bond acceptors (Lipinski definition) is 10. The number of nitrogen functional groups attached to an aromatic ring is 1. The minimum atomic E-state index is -0.756. The number of aromatic amines is 1. The largest absolute Gasteiger partial charge is 0.493 e. The molecule has 2 heterocycles. The predicted molar refractivity (Wildman–Crippen MR) is 199 cm³/mol. The number of carbonyl (C=O) groups excluding carboxylic acids is 1. The van der Waals surface area contributed by atoms with Gasteiger partial charge >= 0.3 is 5.97 Å². The third-order valence-electron chi connectivity index (χ3n) is 7.75. The molecular formula is C35H35Cl3N4O8. The zero-order valence-electron chi connectivity index (χ0n) is 27.6. The fourth-order valence-corrected chi connectivity index (χ4v) is 5.57. The first-order chi connectivity index (χ1) is 22.8. The van der Waals surface area contributed by atoms with Crippen molar-refractivity contribution >= 4 is 70.7 Å². The van der Waals surface area contributed by atoms with Crippen molar-refractivity contribution in [1.29, 1.82) is 0 Å². The average molecular weight is 746 g/mol. The van der Waals surface area contributed by atoms with E-state index in [1.54, 1.807) is 48.5 Å². The van der Waals surface area contributed by atoms with E-state index in [4.69, 9.17) is 34.2 Å². The summed E-state index contributed by atoms with van der Waals surface area (Å²) in [6.07, 6.45) is 0. The standard InChI is InChI=1S/C35H32N4O8.3ClH/c1-42-26-16-22-23(17-27(26)47-18-30-37-24-8-6-7-9-25(24)38-30)34(40)39(21-12-10-20(36)11-13-21)32(35(41)46-5)31(22)19-14-28(43-2)33(45-4)29(15-19)44-3;;;/h6-17H,18,36H2,1-5H3,(H,37,38);3*1H. The van der Waals surface area contributed by atoms with E-state index in [1.807, 2.05) is 24.3 Å². The van der Waals surface area contributed by atoms with Gasteiger partial charge in [0, 0.05) is 22.3 Å². The Morgan fingerprint density at radius 1 is 0.780 bits per heavy atom. The van der Waals surface area contributed by atoms with E-state index in [1.165, 1.54) is 40.1 Å². The van der Waals surface area contributed by atoms with Crippen LogP contribution in [0.5, 0.6) is 28.7 Å². The van der Waals surface area contributed by atoms with E-state index in [-0.39, 0.29) is 54.9 Å². The lowest BCUT2D eigenvalue weighted by Gasteiger charge is -2.21. The number of fused-ring (bicyclic) bond motifs is 2. The number of halogens is 3. The fraction of sp³-hybridized carbons (Fsp3) is 0.171. The highest BCUT2D eigenvalue weighted by Gasteiger charge is 2.28. The molecular weight excluding hydrogens is 711 g/mol. The summed E-state index contributed by atoms with van der Waals surface area (Å²) in [5.41, 5.74) is 8.80. The Hall–Kier alpha value is -5.30. The Morgan fingerprint density at radius 2 is 1.40 bits per heavy atom. The Labute approximate surface area is 305 Å². The van der Waals surface area contributed by atoms with Crippen molar-refractivity contribution < 1.29 is 33.2 Å². The Bertz CT molecular complexity index is 2150. The van der Waals surface area contributed by atoms with Gasteiger partial charge in [0.05, 0.1) is 52.0 Å². The number of anilines is 1. The SMILES string of the molecule is COC(=O)c1c(-c2cc(OC)c(OC)c(OC)c2)c2cc(OC)c(OCc3nc4ccccc4[nH]3)cc2c(=O)n1-c1ccc(N)cc1.Cl.Cl.Cl. The van der Waals surface area contributed by atoms with Crippen molar-refractivity contribution in [2.45, 2.75) is 6.61 Å². The van der Waals surface area contributed by atoms with Crippen molar-refractivity contribution in [3.05, 3.63) is 94.7 Å². The van der Waals surface area contributed by atoms with Crippen molar-refractivity contribution in [1.82, 2.24) is 14.5 Å². The molecule has 0 aliphatic heterocycles. The Balaban J connectivity index is 0.00000225. The monoisotopic (exact) mass is 744 g/mol. The molecule has 0 aliphatic carbocycles. The number of esters is 1. The second kappa shape index (κ2) is 16.4. The van der Waals surface area contributed by atoms with Crippen LogP contribution in [0.2, 0.25) is 0 Å². The molecule has 0 fully saturated rings. The number of benzene rings is 4. The minimum absolute atomic E-state index is 0. The van der Waals surface area contributed by atoms with Gasteiger partial charge in [-0.15, -0.1) is 37.2 Å². The number of pyridine rings is 1. The van der Waals surface area contributed by atoms with Gasteiger partial charge in [-0.3, -0.25) is 9.36 Å². The van der Waals surface area contributed by atoms with E-state index in [2.05, 4.69) is 9.97 Å². The first-order valence-electron chi connectivity index (χ1n) is 14.4. The number of nitrogens with two attached hydrogens (primary N) is 1. The van der Waals surface area contributed by atoms with Crippen molar-refractivity contribution in [2.75, 3.05) is 41.3 Å². The summed E-state index contributed by atoms with van der Waals surface area (Å²) in [6.45, 7) is 0.0721. The molecule has 0 unspecified atom stereocenters. The molecule has 0 aliphatic rings. The molecule has 0 saturated carbocycles. The summed E-state index contributed by atoms with van der Waals surface area (Å²) in [5, 5.41) is 0.628. The molecule has 12 nitrogen and oxygen atoms in total. The van der Waals surface area contributed by atoms with Crippen LogP contribution in [-0.2, 0) is 11.3 Å².